The number of likely N-dealkylation sites (tertiary alicyclic amines) is 1. The Balaban J connectivity index is 1.51. The second kappa shape index (κ2) is 11.3. The molecular formula is C28H38BrN3O4S. The first-order valence-corrected chi connectivity index (χ1v) is 15.6. The monoisotopic (exact) mass is 591 g/mol. The van der Waals surface area contributed by atoms with Crippen LogP contribution in [0, 0.1) is 11.8 Å². The number of fused-ring (bicyclic) bond motifs is 1. The molecule has 1 aromatic carbocycles. The minimum absolute atomic E-state index is 0.0468. The molecule has 9 heteroatoms. The maximum Gasteiger partial charge on any atom is 0.244 e. The number of amides is 3. The third-order valence-electron chi connectivity index (χ3n) is 8.70. The van der Waals surface area contributed by atoms with Crippen molar-refractivity contribution in [3.63, 3.8) is 0 Å². The molecule has 1 aromatic rings. The highest BCUT2D eigenvalue weighted by Gasteiger charge is 2.76. The van der Waals surface area contributed by atoms with Crippen molar-refractivity contribution in [2.45, 2.75) is 91.2 Å². The quantitative estimate of drug-likeness (QED) is 0.383. The van der Waals surface area contributed by atoms with Gasteiger partial charge < -0.3 is 20.6 Å². The van der Waals surface area contributed by atoms with Crippen molar-refractivity contribution < 1.29 is 19.5 Å². The summed E-state index contributed by atoms with van der Waals surface area (Å²) >= 11 is 5.47. The van der Waals surface area contributed by atoms with Gasteiger partial charge in [-0.25, -0.2) is 0 Å². The Labute approximate surface area is 232 Å². The Kier molecular flexibility index (Phi) is 8.22. The van der Waals surface area contributed by atoms with Crippen LogP contribution in [0.5, 0.6) is 0 Å². The predicted octanol–water partition coefficient (Wildman–Crippen LogP) is 3.03. The fraction of sp³-hybridized carbons (Fsp3) is 0.679. The van der Waals surface area contributed by atoms with E-state index in [1.54, 1.807) is 16.7 Å². The van der Waals surface area contributed by atoms with Crippen molar-refractivity contribution in [3.05, 3.63) is 35.9 Å². The van der Waals surface area contributed by atoms with Crippen molar-refractivity contribution in [3.8, 4) is 0 Å². The van der Waals surface area contributed by atoms with Crippen LogP contribution in [0.4, 0.5) is 0 Å². The molecule has 5 rings (SSSR count). The van der Waals surface area contributed by atoms with E-state index in [4.69, 9.17) is 0 Å². The van der Waals surface area contributed by atoms with Crippen LogP contribution < -0.4 is 10.6 Å². The van der Waals surface area contributed by atoms with E-state index >= 15 is 0 Å². The molecule has 0 radical (unpaired) electrons. The second-order valence-electron chi connectivity index (χ2n) is 11.1. The van der Waals surface area contributed by atoms with Gasteiger partial charge in [-0.3, -0.25) is 14.4 Å². The maximum absolute atomic E-state index is 14.3. The highest BCUT2D eigenvalue weighted by molar-refractivity contribution is 9.09. The zero-order valence-electron chi connectivity index (χ0n) is 21.4. The number of benzene rings is 1. The molecule has 37 heavy (non-hydrogen) atoms. The van der Waals surface area contributed by atoms with E-state index in [-0.39, 0.29) is 40.4 Å². The number of nitrogens with zero attached hydrogens (tertiary/aromatic N) is 1. The van der Waals surface area contributed by atoms with Gasteiger partial charge in [-0.05, 0) is 37.7 Å². The molecule has 4 fully saturated rings. The van der Waals surface area contributed by atoms with Gasteiger partial charge >= 0.3 is 0 Å². The van der Waals surface area contributed by atoms with Gasteiger partial charge in [0.15, 0.2) is 0 Å². The lowest BCUT2D eigenvalue weighted by Crippen LogP contribution is -2.58. The van der Waals surface area contributed by atoms with Gasteiger partial charge in [-0.15, -0.1) is 11.8 Å². The number of aliphatic hydroxyl groups is 1. The van der Waals surface area contributed by atoms with Crippen molar-refractivity contribution in [1.29, 1.82) is 0 Å². The Morgan fingerprint density at radius 1 is 1.19 bits per heavy atom. The van der Waals surface area contributed by atoms with E-state index in [1.165, 1.54) is 6.42 Å². The number of carbonyl (C=O) groups excluding carboxylic acids is 3. The van der Waals surface area contributed by atoms with Gasteiger partial charge in [0.05, 0.1) is 29.2 Å². The fourth-order valence-electron chi connectivity index (χ4n) is 7.09. The number of carbonyl (C=O) groups is 3. The molecule has 3 N–H and O–H groups in total. The van der Waals surface area contributed by atoms with Gasteiger partial charge in [0.2, 0.25) is 17.7 Å². The minimum Gasteiger partial charge on any atom is -0.394 e. The van der Waals surface area contributed by atoms with Crippen molar-refractivity contribution in [2.75, 3.05) is 13.2 Å². The normalized spacial score (nSPS) is 33.9. The Morgan fingerprint density at radius 3 is 2.59 bits per heavy atom. The lowest BCUT2D eigenvalue weighted by molar-refractivity contribution is -0.142. The van der Waals surface area contributed by atoms with Crippen LogP contribution in [-0.4, -0.2) is 73.8 Å². The van der Waals surface area contributed by atoms with Crippen LogP contribution in [0.25, 0.3) is 0 Å². The Bertz CT molecular complexity index is 1010. The first kappa shape index (κ1) is 27.0. The summed E-state index contributed by atoms with van der Waals surface area (Å²) in [6, 6.07) is 8.64. The van der Waals surface area contributed by atoms with Crippen LogP contribution in [-0.2, 0) is 20.8 Å². The molecule has 3 saturated heterocycles. The molecule has 3 aliphatic heterocycles. The summed E-state index contributed by atoms with van der Waals surface area (Å²) in [6.07, 6.45) is 7.22. The predicted molar refractivity (Wildman–Crippen MR) is 148 cm³/mol. The first-order chi connectivity index (χ1) is 17.9. The van der Waals surface area contributed by atoms with Crippen LogP contribution in [0.3, 0.4) is 0 Å². The largest absolute Gasteiger partial charge is 0.394 e. The van der Waals surface area contributed by atoms with E-state index in [0.29, 0.717) is 19.4 Å². The topological polar surface area (TPSA) is 98.7 Å². The van der Waals surface area contributed by atoms with E-state index in [0.717, 1.165) is 37.7 Å². The van der Waals surface area contributed by atoms with E-state index < -0.39 is 28.7 Å². The minimum atomic E-state index is -0.716. The summed E-state index contributed by atoms with van der Waals surface area (Å²) in [7, 11) is 0. The van der Waals surface area contributed by atoms with Crippen LogP contribution in [0.2, 0.25) is 0 Å². The van der Waals surface area contributed by atoms with Crippen molar-refractivity contribution in [2.24, 2.45) is 11.8 Å². The molecule has 4 aliphatic rings. The van der Waals surface area contributed by atoms with E-state index in [9.17, 15) is 19.5 Å². The molecule has 3 unspecified atom stereocenters. The highest BCUT2D eigenvalue weighted by atomic mass is 79.9. The zero-order chi connectivity index (χ0) is 26.2. The van der Waals surface area contributed by atoms with Gasteiger partial charge in [0.1, 0.15) is 6.04 Å². The number of aliphatic hydroxyl groups excluding tert-OH is 1. The van der Waals surface area contributed by atoms with Gasteiger partial charge in [0.25, 0.3) is 0 Å². The number of nitrogens with one attached hydrogen (secondary N) is 2. The average molecular weight is 593 g/mol. The molecule has 3 amide bonds. The molecule has 7 atom stereocenters. The highest BCUT2D eigenvalue weighted by Crippen LogP contribution is 2.68. The molecule has 7 nitrogen and oxygen atoms in total. The molecule has 2 bridgehead atoms. The Hall–Kier alpha value is -1.58. The molecular weight excluding hydrogens is 554 g/mol. The lowest BCUT2D eigenvalue weighted by atomic mass is 9.70. The van der Waals surface area contributed by atoms with E-state index in [2.05, 4.69) is 26.6 Å². The lowest BCUT2D eigenvalue weighted by Gasteiger charge is -2.38. The van der Waals surface area contributed by atoms with E-state index in [1.807, 2.05) is 37.3 Å². The summed E-state index contributed by atoms with van der Waals surface area (Å²) in [5.41, 5.74) is 1.00. The van der Waals surface area contributed by atoms with Crippen LogP contribution in [0.1, 0.15) is 57.4 Å². The number of halogens is 1. The summed E-state index contributed by atoms with van der Waals surface area (Å²) in [5.74, 6) is -1.45. The SMILES string of the molecule is CCCNC(=O)[C@H]1[C@@H]2SC3(CC2Br)C(C(=O)NC2CCCCC2)N([C@@H](CO)Cc2ccccc2)C(=O)[C@H]13. The van der Waals surface area contributed by atoms with Crippen LogP contribution >= 0.6 is 27.7 Å². The third kappa shape index (κ3) is 4.84. The van der Waals surface area contributed by atoms with Gasteiger partial charge in [-0.2, -0.15) is 0 Å². The number of alkyl halides is 1. The van der Waals surface area contributed by atoms with Crippen molar-refractivity contribution in [1.82, 2.24) is 15.5 Å². The molecule has 202 valence electrons. The summed E-state index contributed by atoms with van der Waals surface area (Å²) in [4.78, 5) is 43.5. The van der Waals surface area contributed by atoms with Crippen LogP contribution in [0.15, 0.2) is 30.3 Å². The Morgan fingerprint density at radius 2 is 1.92 bits per heavy atom. The summed E-state index contributed by atoms with van der Waals surface area (Å²) < 4.78 is -0.688. The summed E-state index contributed by atoms with van der Waals surface area (Å²) in [5, 5.41) is 16.8. The van der Waals surface area contributed by atoms with Gasteiger partial charge in [0, 0.05) is 22.7 Å². The summed E-state index contributed by atoms with van der Waals surface area (Å²) in [6.45, 7) is 2.33. The van der Waals surface area contributed by atoms with Gasteiger partial charge in [-0.1, -0.05) is 72.4 Å². The average Bonchev–Trinajstić information content (AvgIpc) is 3.50. The van der Waals surface area contributed by atoms with Crippen molar-refractivity contribution >= 4 is 45.4 Å². The maximum atomic E-state index is 14.3. The standard InChI is InChI=1S/C28H38BrN3O4S/c1-2-13-30-25(34)21-22-27(36)32(19(16-33)14-17-9-5-3-6-10-17)24(28(22)15-20(29)23(21)37-28)26(35)31-18-11-7-4-8-12-18/h3,5-6,9-10,18-24,33H,2,4,7-8,11-16H2,1H3,(H,30,34)(H,31,35)/t19-,20?,21-,22+,23-,24?,28?/m1/s1. The zero-order valence-corrected chi connectivity index (χ0v) is 23.8. The first-order valence-electron chi connectivity index (χ1n) is 13.8. The number of hydrogen-bond donors (Lipinski definition) is 3. The molecule has 1 aliphatic carbocycles. The number of hydrogen-bond acceptors (Lipinski definition) is 5. The third-order valence-corrected chi connectivity index (χ3v) is 11.9. The fourth-order valence-corrected chi connectivity index (χ4v) is 10.7. The smallest absolute Gasteiger partial charge is 0.244 e. The second-order valence-corrected chi connectivity index (χ2v) is 13.8. The number of rotatable bonds is 9. The molecule has 3 heterocycles. The molecule has 1 spiro atoms. The molecule has 1 saturated carbocycles. The molecule has 0 aromatic heterocycles. The number of thioether (sulfide) groups is 1.